The molecule has 0 saturated heterocycles. The largest absolute Gasteiger partial charge is 0.347 e. The smallest absolute Gasteiger partial charge is 0.267 e. The van der Waals surface area contributed by atoms with E-state index in [1.54, 1.807) is 0 Å². The van der Waals surface area contributed by atoms with Gasteiger partial charge in [-0.15, -0.1) is 0 Å². The molecule has 2 heterocycles. The number of nitrogens with zero attached hydrogens (tertiary/aromatic N) is 2. The molecule has 0 spiro atoms. The van der Waals surface area contributed by atoms with E-state index < -0.39 is 0 Å². The average molecular weight is 348 g/mol. The number of hydrogen-bond acceptors (Lipinski definition) is 2. The SMILES string of the molecule is CN1/C(=C/C=C/c2nc3ccccc3[s+]2C)C(C)(C)c2ccccc21. The van der Waals surface area contributed by atoms with Gasteiger partial charge in [-0.05, 0) is 23.8 Å². The van der Waals surface area contributed by atoms with Crippen LogP contribution in [0.2, 0.25) is 0 Å². The number of aryl methyl sites for hydroxylation is 1. The van der Waals surface area contributed by atoms with E-state index in [0.717, 1.165) is 10.5 Å². The number of thiazole rings is 1. The van der Waals surface area contributed by atoms with E-state index in [9.17, 15) is 0 Å². The summed E-state index contributed by atoms with van der Waals surface area (Å²) in [7, 11) is 2.22. The van der Waals surface area contributed by atoms with Crippen LogP contribution in [0.3, 0.4) is 0 Å². The predicted molar refractivity (Wildman–Crippen MR) is 110 cm³/mol. The second-order valence-corrected chi connectivity index (χ2v) is 8.92. The summed E-state index contributed by atoms with van der Waals surface area (Å²) in [4.78, 5) is 7.09. The minimum atomic E-state index is 0.0179. The van der Waals surface area contributed by atoms with Crippen LogP contribution in [0.15, 0.2) is 66.4 Å². The third-order valence-corrected chi connectivity index (χ3v) is 7.03. The lowest BCUT2D eigenvalue weighted by Gasteiger charge is -2.23. The van der Waals surface area contributed by atoms with Crippen molar-refractivity contribution in [3.05, 3.63) is 77.0 Å². The number of aromatic nitrogens is 1. The quantitative estimate of drug-likeness (QED) is 0.541. The lowest BCUT2D eigenvalue weighted by atomic mass is 9.84. The first-order valence-corrected chi connectivity index (χ1v) is 10.2. The number of fused-ring (bicyclic) bond motifs is 2. The van der Waals surface area contributed by atoms with E-state index in [1.165, 1.54) is 21.6 Å². The second-order valence-electron chi connectivity index (χ2n) is 7.04. The van der Waals surface area contributed by atoms with Gasteiger partial charge in [-0.25, -0.2) is 0 Å². The molecule has 1 aliphatic rings. The van der Waals surface area contributed by atoms with Crippen LogP contribution in [-0.2, 0) is 11.7 Å². The molecule has 1 unspecified atom stereocenters. The normalized spacial score (nSPS) is 18.5. The van der Waals surface area contributed by atoms with Gasteiger partial charge in [0, 0.05) is 46.5 Å². The van der Waals surface area contributed by atoms with E-state index in [1.807, 2.05) is 0 Å². The molecule has 0 radical (unpaired) electrons. The number of para-hydroxylation sites is 2. The van der Waals surface area contributed by atoms with Crippen molar-refractivity contribution in [2.45, 2.75) is 19.3 Å². The van der Waals surface area contributed by atoms with Crippen molar-refractivity contribution in [1.82, 2.24) is 4.98 Å². The van der Waals surface area contributed by atoms with E-state index >= 15 is 0 Å². The molecule has 0 aliphatic carbocycles. The molecule has 1 aliphatic heterocycles. The number of hydrogen-bond donors (Lipinski definition) is 0. The van der Waals surface area contributed by atoms with Crippen LogP contribution in [0.1, 0.15) is 24.4 Å². The summed E-state index contributed by atoms with van der Waals surface area (Å²) >= 11 is 0. The first-order valence-electron chi connectivity index (χ1n) is 8.56. The Morgan fingerprint density at radius 3 is 2.52 bits per heavy atom. The maximum Gasteiger partial charge on any atom is 0.267 e. The van der Waals surface area contributed by atoms with E-state index in [2.05, 4.69) is 98.8 Å². The Balaban J connectivity index is 1.70. The Labute approximate surface area is 152 Å². The summed E-state index contributed by atoms with van der Waals surface area (Å²) in [5.41, 5.74) is 5.14. The highest BCUT2D eigenvalue weighted by molar-refractivity contribution is 7.36. The van der Waals surface area contributed by atoms with Crippen molar-refractivity contribution >= 4 is 32.4 Å². The Hall–Kier alpha value is -2.39. The molecular formula is C22H23N2S+. The van der Waals surface area contributed by atoms with Gasteiger partial charge < -0.3 is 4.90 Å². The number of anilines is 1. The molecule has 126 valence electrons. The van der Waals surface area contributed by atoms with Gasteiger partial charge in [0.25, 0.3) is 5.01 Å². The Morgan fingerprint density at radius 2 is 1.76 bits per heavy atom. The minimum Gasteiger partial charge on any atom is -0.347 e. The first kappa shape index (κ1) is 16.1. The van der Waals surface area contributed by atoms with Crippen LogP contribution in [0.25, 0.3) is 16.3 Å². The van der Waals surface area contributed by atoms with Gasteiger partial charge in [0.2, 0.25) is 4.70 Å². The van der Waals surface area contributed by atoms with Crippen LogP contribution >= 0.6 is 10.5 Å². The molecule has 1 atom stereocenters. The van der Waals surface area contributed by atoms with Crippen LogP contribution in [0, 0.1) is 0 Å². The Morgan fingerprint density at radius 1 is 1.04 bits per heavy atom. The third kappa shape index (κ3) is 2.50. The van der Waals surface area contributed by atoms with Crippen molar-refractivity contribution < 1.29 is 0 Å². The summed E-state index contributed by atoms with van der Waals surface area (Å²) in [6, 6.07) is 17.1. The Bertz CT molecular complexity index is 1010. The molecule has 4 rings (SSSR count). The van der Waals surface area contributed by atoms with Crippen molar-refractivity contribution in [3.8, 4) is 0 Å². The van der Waals surface area contributed by atoms with E-state index in [-0.39, 0.29) is 15.9 Å². The van der Waals surface area contributed by atoms with Gasteiger partial charge in [-0.1, -0.05) is 50.3 Å². The lowest BCUT2D eigenvalue weighted by molar-refractivity contribution is 0.640. The zero-order valence-corrected chi connectivity index (χ0v) is 16.0. The highest BCUT2D eigenvalue weighted by Gasteiger charge is 2.37. The minimum absolute atomic E-state index is 0.0179. The van der Waals surface area contributed by atoms with Gasteiger partial charge in [-0.2, -0.15) is 4.98 Å². The Kier molecular flexibility index (Phi) is 3.77. The fourth-order valence-corrected chi connectivity index (χ4v) is 5.22. The van der Waals surface area contributed by atoms with Crippen LogP contribution in [-0.4, -0.2) is 12.0 Å². The van der Waals surface area contributed by atoms with Gasteiger partial charge in [-0.3, -0.25) is 0 Å². The molecule has 2 aromatic carbocycles. The first-order chi connectivity index (χ1) is 12.0. The van der Waals surface area contributed by atoms with Gasteiger partial charge in [0.15, 0.2) is 0 Å². The van der Waals surface area contributed by atoms with Crippen molar-refractivity contribution in [2.75, 3.05) is 11.9 Å². The highest BCUT2D eigenvalue weighted by atomic mass is 32.2. The number of likely N-dealkylation sites (N-methyl/N-ethyl adjacent to an activating group) is 1. The summed E-state index contributed by atoms with van der Waals surface area (Å²) in [6.45, 7) is 4.59. The molecule has 0 bridgehead atoms. The standard InChI is InChI=1S/C22H23N2S/c1-22(2)16-10-5-7-12-18(16)24(3)20(22)14-9-15-21-23-17-11-6-8-13-19(17)25(21)4/h5-15H,1-4H3/q+1/b15-9+,20-14+. The monoisotopic (exact) mass is 347 g/mol. The van der Waals surface area contributed by atoms with Gasteiger partial charge in [0.05, 0.1) is 0 Å². The topological polar surface area (TPSA) is 16.1 Å². The van der Waals surface area contributed by atoms with E-state index in [0.29, 0.717) is 0 Å². The van der Waals surface area contributed by atoms with Crippen molar-refractivity contribution in [2.24, 2.45) is 6.26 Å². The van der Waals surface area contributed by atoms with Gasteiger partial charge in [0.1, 0.15) is 11.8 Å². The van der Waals surface area contributed by atoms with E-state index in [4.69, 9.17) is 4.98 Å². The van der Waals surface area contributed by atoms with Crippen molar-refractivity contribution in [1.29, 1.82) is 0 Å². The lowest BCUT2D eigenvalue weighted by Crippen LogP contribution is -2.22. The summed E-state index contributed by atoms with van der Waals surface area (Å²) in [5.74, 6) is 0. The summed E-state index contributed by atoms with van der Waals surface area (Å²) in [5, 5.41) is 1.16. The molecule has 0 fully saturated rings. The van der Waals surface area contributed by atoms with Crippen LogP contribution < -0.4 is 4.90 Å². The highest BCUT2D eigenvalue weighted by Crippen LogP contribution is 2.46. The fraction of sp³-hybridized carbons (Fsp3) is 0.227. The molecule has 25 heavy (non-hydrogen) atoms. The second kappa shape index (κ2) is 5.85. The molecule has 0 amide bonds. The molecule has 2 nitrogen and oxygen atoms in total. The summed E-state index contributed by atoms with van der Waals surface area (Å²) in [6.07, 6.45) is 8.82. The zero-order chi connectivity index (χ0) is 17.6. The molecule has 1 aromatic heterocycles. The number of rotatable bonds is 2. The molecular weight excluding hydrogens is 324 g/mol. The van der Waals surface area contributed by atoms with Crippen LogP contribution in [0.4, 0.5) is 5.69 Å². The fourth-order valence-electron chi connectivity index (χ4n) is 3.77. The zero-order valence-electron chi connectivity index (χ0n) is 15.2. The average Bonchev–Trinajstić information content (AvgIpc) is 3.03. The third-order valence-electron chi connectivity index (χ3n) is 5.17. The molecule has 0 N–H and O–H groups in total. The maximum absolute atomic E-state index is 4.79. The summed E-state index contributed by atoms with van der Waals surface area (Å²) < 4.78 is 1.35. The molecule has 3 aromatic rings. The number of benzene rings is 2. The van der Waals surface area contributed by atoms with Gasteiger partial charge >= 0.3 is 0 Å². The maximum atomic E-state index is 4.79. The molecule has 3 heteroatoms. The van der Waals surface area contributed by atoms with Crippen LogP contribution in [0.5, 0.6) is 0 Å². The molecule has 0 saturated carbocycles. The predicted octanol–water partition coefficient (Wildman–Crippen LogP) is 5.85. The number of allylic oxidation sites excluding steroid dienone is 3. The van der Waals surface area contributed by atoms with Crippen molar-refractivity contribution in [3.63, 3.8) is 0 Å².